The minimum atomic E-state index is 0.637. The molecule has 0 unspecified atom stereocenters. The lowest BCUT2D eigenvalue weighted by molar-refractivity contribution is 0.485. The summed E-state index contributed by atoms with van der Waals surface area (Å²) in [6.45, 7) is 0. The third-order valence-corrected chi connectivity index (χ3v) is 3.09. The molecule has 0 aliphatic rings. The molecule has 0 bridgehead atoms. The van der Waals surface area contributed by atoms with Crippen LogP contribution in [0.2, 0.25) is 0 Å². The van der Waals surface area contributed by atoms with Gasteiger partial charge in [0.05, 0.1) is 5.69 Å². The van der Waals surface area contributed by atoms with Crippen LogP contribution in [0, 0.1) is 0 Å². The minimum Gasteiger partial charge on any atom is -0.455 e. The molecular formula is C18H15NO. The van der Waals surface area contributed by atoms with Crippen LogP contribution in [-0.4, -0.2) is 0 Å². The second-order valence-corrected chi connectivity index (χ2v) is 4.53. The molecule has 0 fully saturated rings. The topological polar surface area (TPSA) is 35.2 Å². The first-order valence-electron chi connectivity index (χ1n) is 6.51. The SMILES string of the molecule is Nc1ccccc1Oc1cccc(-c2ccccc2)c1. The maximum absolute atomic E-state index is 5.89. The Labute approximate surface area is 118 Å². The lowest BCUT2D eigenvalue weighted by Crippen LogP contribution is -1.91. The van der Waals surface area contributed by atoms with Crippen LogP contribution in [-0.2, 0) is 0 Å². The molecule has 0 aromatic heterocycles. The molecule has 3 aromatic carbocycles. The smallest absolute Gasteiger partial charge is 0.150 e. The molecule has 0 saturated heterocycles. The van der Waals surface area contributed by atoms with Crippen molar-refractivity contribution in [2.75, 3.05) is 5.73 Å². The first kappa shape index (κ1) is 12.3. The summed E-state index contributed by atoms with van der Waals surface area (Å²) in [5, 5.41) is 0. The average Bonchev–Trinajstić information content (AvgIpc) is 2.51. The first-order valence-corrected chi connectivity index (χ1v) is 6.51. The second kappa shape index (κ2) is 5.49. The first-order chi connectivity index (χ1) is 9.83. The third kappa shape index (κ3) is 2.64. The highest BCUT2D eigenvalue weighted by molar-refractivity contribution is 5.65. The van der Waals surface area contributed by atoms with Crippen molar-refractivity contribution in [3.05, 3.63) is 78.9 Å². The zero-order chi connectivity index (χ0) is 13.8. The van der Waals surface area contributed by atoms with Gasteiger partial charge in [0, 0.05) is 0 Å². The van der Waals surface area contributed by atoms with Crippen LogP contribution in [0.15, 0.2) is 78.9 Å². The van der Waals surface area contributed by atoms with E-state index in [0.717, 1.165) is 11.3 Å². The van der Waals surface area contributed by atoms with Crippen molar-refractivity contribution >= 4 is 5.69 Å². The van der Waals surface area contributed by atoms with Crippen LogP contribution >= 0.6 is 0 Å². The fourth-order valence-corrected chi connectivity index (χ4v) is 2.07. The molecule has 2 heteroatoms. The van der Waals surface area contributed by atoms with E-state index in [-0.39, 0.29) is 0 Å². The highest BCUT2D eigenvalue weighted by Gasteiger charge is 2.03. The number of ether oxygens (including phenoxy) is 1. The Morgan fingerprint density at radius 1 is 0.650 bits per heavy atom. The largest absolute Gasteiger partial charge is 0.455 e. The van der Waals surface area contributed by atoms with Crippen molar-refractivity contribution in [3.8, 4) is 22.6 Å². The van der Waals surface area contributed by atoms with Crippen LogP contribution in [0.25, 0.3) is 11.1 Å². The fraction of sp³-hybridized carbons (Fsp3) is 0. The number of para-hydroxylation sites is 2. The Morgan fingerprint density at radius 2 is 1.35 bits per heavy atom. The van der Waals surface area contributed by atoms with E-state index in [9.17, 15) is 0 Å². The third-order valence-electron chi connectivity index (χ3n) is 3.09. The molecule has 0 radical (unpaired) electrons. The van der Waals surface area contributed by atoms with Gasteiger partial charge in [-0.2, -0.15) is 0 Å². The summed E-state index contributed by atoms with van der Waals surface area (Å²) in [5.74, 6) is 1.46. The molecule has 0 saturated carbocycles. The standard InChI is InChI=1S/C18H15NO/c19-17-11-4-5-12-18(17)20-16-10-6-9-15(13-16)14-7-2-1-3-8-14/h1-13H,19H2. The summed E-state index contributed by atoms with van der Waals surface area (Å²) in [4.78, 5) is 0. The van der Waals surface area contributed by atoms with Crippen LogP contribution in [0.5, 0.6) is 11.5 Å². The summed E-state index contributed by atoms with van der Waals surface area (Å²) < 4.78 is 5.85. The van der Waals surface area contributed by atoms with Gasteiger partial charge in [0.1, 0.15) is 11.5 Å². The van der Waals surface area contributed by atoms with E-state index in [4.69, 9.17) is 10.5 Å². The van der Waals surface area contributed by atoms with Crippen molar-refractivity contribution in [3.63, 3.8) is 0 Å². The number of rotatable bonds is 3. The number of nitrogens with two attached hydrogens (primary N) is 1. The van der Waals surface area contributed by atoms with E-state index < -0.39 is 0 Å². The van der Waals surface area contributed by atoms with Gasteiger partial charge in [-0.1, -0.05) is 54.6 Å². The number of hydrogen-bond acceptors (Lipinski definition) is 2. The number of nitrogen functional groups attached to an aromatic ring is 1. The van der Waals surface area contributed by atoms with E-state index in [1.165, 1.54) is 5.56 Å². The molecule has 98 valence electrons. The molecule has 3 rings (SSSR count). The van der Waals surface area contributed by atoms with Gasteiger partial charge in [-0.05, 0) is 35.4 Å². The van der Waals surface area contributed by atoms with Crippen molar-refractivity contribution in [1.29, 1.82) is 0 Å². The van der Waals surface area contributed by atoms with Crippen molar-refractivity contribution in [2.45, 2.75) is 0 Å². The van der Waals surface area contributed by atoms with Gasteiger partial charge in [-0.3, -0.25) is 0 Å². The Balaban J connectivity index is 1.91. The molecule has 0 spiro atoms. The molecule has 2 N–H and O–H groups in total. The Morgan fingerprint density at radius 3 is 2.15 bits per heavy atom. The number of benzene rings is 3. The van der Waals surface area contributed by atoms with Crippen molar-refractivity contribution < 1.29 is 4.74 Å². The molecule has 0 heterocycles. The van der Waals surface area contributed by atoms with Crippen molar-refractivity contribution in [1.82, 2.24) is 0 Å². The fourth-order valence-electron chi connectivity index (χ4n) is 2.07. The van der Waals surface area contributed by atoms with E-state index in [2.05, 4.69) is 18.2 Å². The van der Waals surface area contributed by atoms with Gasteiger partial charge >= 0.3 is 0 Å². The van der Waals surface area contributed by atoms with Gasteiger partial charge in [-0.25, -0.2) is 0 Å². The summed E-state index contributed by atoms with van der Waals surface area (Å²) >= 11 is 0. The predicted octanol–water partition coefficient (Wildman–Crippen LogP) is 4.73. The molecule has 3 aromatic rings. The Bertz CT molecular complexity index is 707. The van der Waals surface area contributed by atoms with E-state index in [0.29, 0.717) is 11.4 Å². The average molecular weight is 261 g/mol. The summed E-state index contributed by atoms with van der Waals surface area (Å²) in [6, 6.07) is 25.7. The van der Waals surface area contributed by atoms with E-state index in [1.807, 2.05) is 60.7 Å². The van der Waals surface area contributed by atoms with E-state index in [1.54, 1.807) is 0 Å². The molecule has 0 aliphatic heterocycles. The molecule has 0 amide bonds. The summed E-state index contributed by atoms with van der Waals surface area (Å²) in [5.41, 5.74) is 8.82. The predicted molar refractivity (Wildman–Crippen MR) is 82.8 cm³/mol. The van der Waals surface area contributed by atoms with Crippen LogP contribution in [0.4, 0.5) is 5.69 Å². The van der Waals surface area contributed by atoms with Gasteiger partial charge in [0.2, 0.25) is 0 Å². The lowest BCUT2D eigenvalue weighted by Gasteiger charge is -2.09. The monoisotopic (exact) mass is 261 g/mol. The van der Waals surface area contributed by atoms with Gasteiger partial charge in [-0.15, -0.1) is 0 Å². The lowest BCUT2D eigenvalue weighted by atomic mass is 10.1. The summed E-state index contributed by atoms with van der Waals surface area (Å²) in [7, 11) is 0. The quantitative estimate of drug-likeness (QED) is 0.692. The highest BCUT2D eigenvalue weighted by atomic mass is 16.5. The molecule has 2 nitrogen and oxygen atoms in total. The number of hydrogen-bond donors (Lipinski definition) is 1. The van der Waals surface area contributed by atoms with Crippen LogP contribution in [0.3, 0.4) is 0 Å². The maximum atomic E-state index is 5.89. The molecule has 0 atom stereocenters. The normalized spacial score (nSPS) is 10.2. The van der Waals surface area contributed by atoms with Gasteiger partial charge < -0.3 is 10.5 Å². The Kier molecular flexibility index (Phi) is 3.38. The molecule has 20 heavy (non-hydrogen) atoms. The number of anilines is 1. The van der Waals surface area contributed by atoms with E-state index >= 15 is 0 Å². The van der Waals surface area contributed by atoms with Gasteiger partial charge in [0.25, 0.3) is 0 Å². The zero-order valence-corrected chi connectivity index (χ0v) is 11.0. The zero-order valence-electron chi connectivity index (χ0n) is 11.0. The second-order valence-electron chi connectivity index (χ2n) is 4.53. The summed E-state index contributed by atoms with van der Waals surface area (Å²) in [6.07, 6.45) is 0. The molecular weight excluding hydrogens is 246 g/mol. The van der Waals surface area contributed by atoms with Crippen LogP contribution < -0.4 is 10.5 Å². The van der Waals surface area contributed by atoms with Crippen molar-refractivity contribution in [2.24, 2.45) is 0 Å². The highest BCUT2D eigenvalue weighted by Crippen LogP contribution is 2.29. The minimum absolute atomic E-state index is 0.637. The van der Waals surface area contributed by atoms with Crippen LogP contribution in [0.1, 0.15) is 0 Å². The Hall–Kier alpha value is -2.74. The molecule has 0 aliphatic carbocycles. The maximum Gasteiger partial charge on any atom is 0.150 e. The van der Waals surface area contributed by atoms with Gasteiger partial charge in [0.15, 0.2) is 0 Å².